The number of nitrogens with one attached hydrogen (secondary N) is 2. The average Bonchev–Trinajstić information content (AvgIpc) is 2.45. The number of thiocarbonyl (C=S) groups is 1. The molecule has 0 saturated carbocycles. The maximum absolute atomic E-state index is 11.7. The average molecular weight is 284 g/mol. The number of hydrogen-bond donors (Lipinski definition) is 2. The Hall–Kier alpha value is -2.02. The molecule has 0 fully saturated rings. The van der Waals surface area contributed by atoms with E-state index in [0.29, 0.717) is 27.9 Å². The molecule has 0 atom stereocenters. The van der Waals surface area contributed by atoms with Gasteiger partial charge in [0, 0.05) is 19.2 Å². The maximum atomic E-state index is 11.7. The van der Waals surface area contributed by atoms with Crippen molar-refractivity contribution in [2.75, 3.05) is 33.7 Å². The van der Waals surface area contributed by atoms with Crippen LogP contribution in [0, 0.1) is 0 Å². The van der Waals surface area contributed by atoms with E-state index >= 15 is 0 Å². The number of ether oxygens (including phenoxy) is 3. The lowest BCUT2D eigenvalue weighted by molar-refractivity contribution is 0.0601. The lowest BCUT2D eigenvalue weighted by atomic mass is 10.1. The summed E-state index contributed by atoms with van der Waals surface area (Å²) in [6, 6.07) is 3.15. The molecule has 0 aromatic heterocycles. The summed E-state index contributed by atoms with van der Waals surface area (Å²) >= 11 is 5.01. The molecule has 7 heteroatoms. The van der Waals surface area contributed by atoms with Crippen LogP contribution in [0.3, 0.4) is 0 Å². The topological polar surface area (TPSA) is 68.8 Å². The number of benzene rings is 1. The van der Waals surface area contributed by atoms with E-state index in [0.717, 1.165) is 0 Å². The highest BCUT2D eigenvalue weighted by Crippen LogP contribution is 2.33. The van der Waals surface area contributed by atoms with Crippen molar-refractivity contribution in [2.24, 2.45) is 0 Å². The second kappa shape index (κ2) is 6.79. The van der Waals surface area contributed by atoms with Crippen molar-refractivity contribution in [1.29, 1.82) is 0 Å². The van der Waals surface area contributed by atoms with Gasteiger partial charge in [-0.05, 0) is 12.2 Å². The molecular formula is C12H16N2O4S. The van der Waals surface area contributed by atoms with E-state index in [1.54, 1.807) is 13.1 Å². The van der Waals surface area contributed by atoms with Gasteiger partial charge in [-0.25, -0.2) is 4.79 Å². The van der Waals surface area contributed by atoms with Crippen molar-refractivity contribution in [3.05, 3.63) is 17.7 Å². The molecule has 0 radical (unpaired) electrons. The van der Waals surface area contributed by atoms with E-state index in [9.17, 15) is 4.79 Å². The molecule has 0 spiro atoms. The molecule has 0 unspecified atom stereocenters. The summed E-state index contributed by atoms with van der Waals surface area (Å²) in [4.78, 5) is 11.7. The van der Waals surface area contributed by atoms with Gasteiger partial charge in [0.2, 0.25) is 0 Å². The SMILES string of the molecule is CNC(=S)Nc1cc(OC)c(OC)cc1C(=O)OC. The number of methoxy groups -OCH3 is 3. The zero-order chi connectivity index (χ0) is 14.4. The monoisotopic (exact) mass is 284 g/mol. The maximum Gasteiger partial charge on any atom is 0.340 e. The first-order valence-electron chi connectivity index (χ1n) is 5.40. The Kier molecular flexibility index (Phi) is 5.37. The fraction of sp³-hybridized carbons (Fsp3) is 0.333. The molecule has 104 valence electrons. The van der Waals surface area contributed by atoms with Crippen LogP contribution in [0.15, 0.2) is 12.1 Å². The summed E-state index contributed by atoms with van der Waals surface area (Å²) in [5, 5.41) is 6.02. The van der Waals surface area contributed by atoms with Gasteiger partial charge in [-0.15, -0.1) is 0 Å². The van der Waals surface area contributed by atoms with Crippen LogP contribution in [0.4, 0.5) is 5.69 Å². The smallest absolute Gasteiger partial charge is 0.340 e. The van der Waals surface area contributed by atoms with E-state index in [1.165, 1.54) is 27.4 Å². The van der Waals surface area contributed by atoms with E-state index < -0.39 is 5.97 Å². The molecule has 1 rings (SSSR count). The highest BCUT2D eigenvalue weighted by Gasteiger charge is 2.17. The largest absolute Gasteiger partial charge is 0.493 e. The first-order valence-corrected chi connectivity index (χ1v) is 5.81. The quantitative estimate of drug-likeness (QED) is 0.640. The van der Waals surface area contributed by atoms with Crippen molar-refractivity contribution >= 4 is 29.0 Å². The first kappa shape index (κ1) is 15.0. The van der Waals surface area contributed by atoms with Crippen LogP contribution in [0.25, 0.3) is 0 Å². The Balaban J connectivity index is 3.31. The van der Waals surface area contributed by atoms with Gasteiger partial charge < -0.3 is 24.8 Å². The van der Waals surface area contributed by atoms with E-state index in [1.807, 2.05) is 0 Å². The highest BCUT2D eigenvalue weighted by atomic mass is 32.1. The molecular weight excluding hydrogens is 268 g/mol. The van der Waals surface area contributed by atoms with Gasteiger partial charge >= 0.3 is 5.97 Å². The summed E-state index contributed by atoms with van der Waals surface area (Å²) in [7, 11) is 5.98. The Morgan fingerprint density at radius 3 is 2.21 bits per heavy atom. The third-order valence-electron chi connectivity index (χ3n) is 2.40. The predicted molar refractivity (Wildman–Crippen MR) is 76.2 cm³/mol. The number of carbonyl (C=O) groups is 1. The number of carbonyl (C=O) groups excluding carboxylic acids is 1. The van der Waals surface area contributed by atoms with Gasteiger partial charge in [0.1, 0.15) is 0 Å². The van der Waals surface area contributed by atoms with Gasteiger partial charge in [0.05, 0.1) is 32.6 Å². The van der Waals surface area contributed by atoms with Crippen LogP contribution in [0.5, 0.6) is 11.5 Å². The standard InChI is InChI=1S/C12H16N2O4S/c1-13-12(19)14-8-6-10(17-3)9(16-2)5-7(8)11(15)18-4/h5-6H,1-4H3,(H2,13,14,19). The molecule has 0 amide bonds. The molecule has 19 heavy (non-hydrogen) atoms. The minimum Gasteiger partial charge on any atom is -0.493 e. The number of anilines is 1. The summed E-state index contributed by atoms with van der Waals surface area (Å²) in [6.45, 7) is 0. The van der Waals surface area contributed by atoms with Crippen LogP contribution in [0.1, 0.15) is 10.4 Å². The fourth-order valence-corrected chi connectivity index (χ4v) is 1.56. The van der Waals surface area contributed by atoms with E-state index in [2.05, 4.69) is 10.6 Å². The summed E-state index contributed by atoms with van der Waals surface area (Å²) in [6.07, 6.45) is 0. The molecule has 0 bridgehead atoms. The normalized spacial score (nSPS) is 9.47. The van der Waals surface area contributed by atoms with Gasteiger partial charge in [-0.3, -0.25) is 0 Å². The van der Waals surface area contributed by atoms with E-state index in [4.69, 9.17) is 26.4 Å². The summed E-state index contributed by atoms with van der Waals surface area (Å²) in [5.41, 5.74) is 0.779. The molecule has 0 saturated heterocycles. The van der Waals surface area contributed by atoms with Gasteiger partial charge in [-0.2, -0.15) is 0 Å². The molecule has 6 nitrogen and oxygen atoms in total. The fourth-order valence-electron chi connectivity index (χ4n) is 1.45. The van der Waals surface area contributed by atoms with Gasteiger partial charge in [-0.1, -0.05) is 0 Å². The van der Waals surface area contributed by atoms with Crippen LogP contribution >= 0.6 is 12.2 Å². The number of hydrogen-bond acceptors (Lipinski definition) is 5. The minimum atomic E-state index is -0.498. The van der Waals surface area contributed by atoms with Crippen molar-refractivity contribution in [3.8, 4) is 11.5 Å². The third-order valence-corrected chi connectivity index (χ3v) is 2.71. The van der Waals surface area contributed by atoms with Crippen LogP contribution < -0.4 is 20.1 Å². The lowest BCUT2D eigenvalue weighted by Crippen LogP contribution is -2.25. The van der Waals surface area contributed by atoms with Crippen LogP contribution in [0.2, 0.25) is 0 Å². The second-order valence-corrected chi connectivity index (χ2v) is 3.86. The first-order chi connectivity index (χ1) is 9.07. The second-order valence-electron chi connectivity index (χ2n) is 3.45. The number of rotatable bonds is 4. The Labute approximate surface area is 117 Å². The van der Waals surface area contributed by atoms with Crippen molar-refractivity contribution in [1.82, 2.24) is 5.32 Å². The molecule has 0 aliphatic rings. The highest BCUT2D eigenvalue weighted by molar-refractivity contribution is 7.80. The van der Waals surface area contributed by atoms with Crippen LogP contribution in [-0.4, -0.2) is 39.5 Å². The molecule has 1 aromatic rings. The molecule has 0 aliphatic carbocycles. The van der Waals surface area contributed by atoms with Gasteiger partial charge in [0.15, 0.2) is 16.6 Å². The van der Waals surface area contributed by atoms with Crippen molar-refractivity contribution < 1.29 is 19.0 Å². The van der Waals surface area contributed by atoms with Gasteiger partial charge in [0.25, 0.3) is 0 Å². The van der Waals surface area contributed by atoms with E-state index in [-0.39, 0.29) is 0 Å². The Morgan fingerprint density at radius 1 is 1.16 bits per heavy atom. The zero-order valence-electron chi connectivity index (χ0n) is 11.2. The Bertz CT molecular complexity index is 491. The number of esters is 1. The molecule has 2 N–H and O–H groups in total. The molecule has 1 aromatic carbocycles. The lowest BCUT2D eigenvalue weighted by Gasteiger charge is -2.15. The van der Waals surface area contributed by atoms with Crippen molar-refractivity contribution in [3.63, 3.8) is 0 Å². The predicted octanol–water partition coefficient (Wildman–Crippen LogP) is 1.41. The van der Waals surface area contributed by atoms with Crippen molar-refractivity contribution in [2.45, 2.75) is 0 Å². The van der Waals surface area contributed by atoms with Crippen LogP contribution in [-0.2, 0) is 4.74 Å². The molecule has 0 aliphatic heterocycles. The molecule has 0 heterocycles. The summed E-state index contributed by atoms with van der Waals surface area (Å²) in [5.74, 6) is 0.419. The minimum absolute atomic E-state index is 0.303. The third kappa shape index (κ3) is 3.47. The zero-order valence-corrected chi connectivity index (χ0v) is 12.0. The summed E-state index contributed by atoms with van der Waals surface area (Å²) < 4.78 is 15.1. The Morgan fingerprint density at radius 2 is 1.74 bits per heavy atom.